The van der Waals surface area contributed by atoms with Gasteiger partial charge in [-0.1, -0.05) is 12.8 Å². The van der Waals surface area contributed by atoms with E-state index in [1.165, 1.54) is 7.11 Å². The van der Waals surface area contributed by atoms with E-state index in [2.05, 4.69) is 0 Å². The molecule has 1 heterocycles. The van der Waals surface area contributed by atoms with Crippen LogP contribution in [0, 0.1) is 11.3 Å². The topological polar surface area (TPSA) is 35.5 Å². The van der Waals surface area contributed by atoms with Gasteiger partial charge in [0, 0.05) is 13.0 Å². The molecule has 0 aromatic carbocycles. The van der Waals surface area contributed by atoms with Crippen LogP contribution in [0.5, 0.6) is 0 Å². The van der Waals surface area contributed by atoms with Gasteiger partial charge in [0.1, 0.15) is 11.6 Å². The SMILES string of the molecule is COC(=O)C1(CC2CC2)COCCC1F. The molecule has 2 rings (SSSR count). The number of rotatable bonds is 3. The van der Waals surface area contributed by atoms with Gasteiger partial charge in [-0.15, -0.1) is 0 Å². The number of ether oxygens (including phenoxy) is 2. The van der Waals surface area contributed by atoms with Crippen molar-refractivity contribution in [3.63, 3.8) is 0 Å². The highest BCUT2D eigenvalue weighted by Gasteiger charge is 2.52. The van der Waals surface area contributed by atoms with Crippen molar-refractivity contribution in [3.8, 4) is 0 Å². The van der Waals surface area contributed by atoms with E-state index in [0.717, 1.165) is 12.8 Å². The maximum Gasteiger partial charge on any atom is 0.317 e. The summed E-state index contributed by atoms with van der Waals surface area (Å²) in [5.74, 6) is 0.0469. The summed E-state index contributed by atoms with van der Waals surface area (Å²) < 4.78 is 23.9. The summed E-state index contributed by atoms with van der Waals surface area (Å²) in [4.78, 5) is 11.7. The molecule has 0 bridgehead atoms. The first-order valence-electron chi connectivity index (χ1n) is 5.49. The predicted molar refractivity (Wildman–Crippen MR) is 52.1 cm³/mol. The fourth-order valence-corrected chi connectivity index (χ4v) is 2.31. The highest BCUT2D eigenvalue weighted by atomic mass is 19.1. The molecule has 2 atom stereocenters. The minimum atomic E-state index is -1.11. The average Bonchev–Trinajstić information content (AvgIpc) is 3.04. The molecule has 2 aliphatic rings. The van der Waals surface area contributed by atoms with Crippen molar-refractivity contribution < 1.29 is 18.7 Å². The van der Waals surface area contributed by atoms with E-state index in [4.69, 9.17) is 9.47 Å². The van der Waals surface area contributed by atoms with Crippen LogP contribution in [-0.4, -0.2) is 32.5 Å². The summed E-state index contributed by atoms with van der Waals surface area (Å²) in [5, 5.41) is 0. The molecule has 1 aliphatic carbocycles. The van der Waals surface area contributed by atoms with Gasteiger partial charge in [0.25, 0.3) is 0 Å². The van der Waals surface area contributed by atoms with Gasteiger partial charge in [-0.05, 0) is 12.3 Å². The highest BCUT2D eigenvalue weighted by molar-refractivity contribution is 5.78. The largest absolute Gasteiger partial charge is 0.468 e. The monoisotopic (exact) mass is 216 g/mol. The van der Waals surface area contributed by atoms with Crippen LogP contribution in [0.15, 0.2) is 0 Å². The summed E-state index contributed by atoms with van der Waals surface area (Å²) >= 11 is 0. The van der Waals surface area contributed by atoms with E-state index in [9.17, 15) is 9.18 Å². The van der Waals surface area contributed by atoms with Crippen molar-refractivity contribution in [1.82, 2.24) is 0 Å². The third-order valence-corrected chi connectivity index (χ3v) is 3.42. The smallest absolute Gasteiger partial charge is 0.317 e. The van der Waals surface area contributed by atoms with Gasteiger partial charge >= 0.3 is 5.97 Å². The van der Waals surface area contributed by atoms with E-state index in [1.54, 1.807) is 0 Å². The van der Waals surface area contributed by atoms with E-state index >= 15 is 0 Å². The molecule has 0 radical (unpaired) electrons. The number of halogens is 1. The first-order chi connectivity index (χ1) is 7.19. The molecule has 4 heteroatoms. The minimum absolute atomic E-state index is 0.178. The standard InChI is InChI=1S/C11H17FO3/c1-14-10(13)11(6-8-2-3-8)7-15-5-4-9(11)12/h8-9H,2-7H2,1H3. The molecule has 1 aliphatic heterocycles. The van der Waals surface area contributed by atoms with Crippen LogP contribution >= 0.6 is 0 Å². The molecular weight excluding hydrogens is 199 g/mol. The Hall–Kier alpha value is -0.640. The van der Waals surface area contributed by atoms with Crippen LogP contribution in [0.25, 0.3) is 0 Å². The molecule has 0 aromatic heterocycles. The Morgan fingerprint density at radius 3 is 2.80 bits per heavy atom. The zero-order chi connectivity index (χ0) is 10.9. The van der Waals surface area contributed by atoms with Gasteiger partial charge in [0.2, 0.25) is 0 Å². The van der Waals surface area contributed by atoms with Crippen LogP contribution in [0.4, 0.5) is 4.39 Å². The summed E-state index contributed by atoms with van der Waals surface area (Å²) in [6.07, 6.45) is 1.99. The van der Waals surface area contributed by atoms with Crippen molar-refractivity contribution in [2.75, 3.05) is 20.3 Å². The van der Waals surface area contributed by atoms with Gasteiger partial charge in [0.05, 0.1) is 13.7 Å². The molecule has 2 fully saturated rings. The van der Waals surface area contributed by atoms with E-state index in [0.29, 0.717) is 25.4 Å². The zero-order valence-corrected chi connectivity index (χ0v) is 9.00. The number of alkyl halides is 1. The Balaban J connectivity index is 2.14. The number of carbonyl (C=O) groups excluding carboxylic acids is 1. The first kappa shape index (κ1) is 10.9. The minimum Gasteiger partial charge on any atom is -0.468 e. The second kappa shape index (κ2) is 4.08. The zero-order valence-electron chi connectivity index (χ0n) is 9.00. The van der Waals surface area contributed by atoms with Crippen molar-refractivity contribution >= 4 is 5.97 Å². The molecule has 0 aromatic rings. The van der Waals surface area contributed by atoms with Crippen LogP contribution in [-0.2, 0) is 14.3 Å². The second-order valence-electron chi connectivity index (χ2n) is 4.60. The number of methoxy groups -OCH3 is 1. The lowest BCUT2D eigenvalue weighted by Crippen LogP contribution is -2.49. The van der Waals surface area contributed by atoms with Gasteiger partial charge in [-0.3, -0.25) is 4.79 Å². The predicted octanol–water partition coefficient (Wildman–Crippen LogP) is 1.70. The van der Waals surface area contributed by atoms with Crippen LogP contribution in [0.3, 0.4) is 0 Å². The molecule has 0 spiro atoms. The lowest BCUT2D eigenvalue weighted by Gasteiger charge is -2.37. The highest BCUT2D eigenvalue weighted by Crippen LogP contribution is 2.46. The molecule has 1 saturated carbocycles. The Labute approximate surface area is 88.9 Å². The third-order valence-electron chi connectivity index (χ3n) is 3.42. The maximum atomic E-state index is 13.9. The Bertz CT molecular complexity index is 252. The second-order valence-corrected chi connectivity index (χ2v) is 4.60. The first-order valence-corrected chi connectivity index (χ1v) is 5.49. The van der Waals surface area contributed by atoms with Crippen LogP contribution in [0.1, 0.15) is 25.7 Å². The third kappa shape index (κ3) is 2.00. The van der Waals surface area contributed by atoms with E-state index in [-0.39, 0.29) is 6.61 Å². The molecule has 1 saturated heterocycles. The summed E-state index contributed by atoms with van der Waals surface area (Å²) in [5.41, 5.74) is -1.02. The number of esters is 1. The van der Waals surface area contributed by atoms with Gasteiger partial charge in [0.15, 0.2) is 0 Å². The normalized spacial score (nSPS) is 36.3. The fraction of sp³-hybridized carbons (Fsp3) is 0.909. The fourth-order valence-electron chi connectivity index (χ4n) is 2.31. The molecule has 0 amide bonds. The molecule has 86 valence electrons. The molecule has 0 N–H and O–H groups in total. The Kier molecular flexibility index (Phi) is 2.96. The lowest BCUT2D eigenvalue weighted by atomic mass is 9.76. The van der Waals surface area contributed by atoms with Crippen LogP contribution < -0.4 is 0 Å². The van der Waals surface area contributed by atoms with Crippen molar-refractivity contribution in [2.24, 2.45) is 11.3 Å². The molecule has 3 nitrogen and oxygen atoms in total. The molecular formula is C11H17FO3. The van der Waals surface area contributed by atoms with Crippen molar-refractivity contribution in [1.29, 1.82) is 0 Å². The van der Waals surface area contributed by atoms with E-state index in [1.807, 2.05) is 0 Å². The van der Waals surface area contributed by atoms with Gasteiger partial charge in [-0.25, -0.2) is 4.39 Å². The summed E-state index contributed by atoms with van der Waals surface area (Å²) in [6.45, 7) is 0.585. The van der Waals surface area contributed by atoms with Crippen LogP contribution in [0.2, 0.25) is 0 Å². The quantitative estimate of drug-likeness (QED) is 0.674. The van der Waals surface area contributed by atoms with Gasteiger partial charge < -0.3 is 9.47 Å². The number of hydrogen-bond acceptors (Lipinski definition) is 3. The summed E-state index contributed by atoms with van der Waals surface area (Å²) in [7, 11) is 1.32. The van der Waals surface area contributed by atoms with Crippen molar-refractivity contribution in [2.45, 2.75) is 31.9 Å². The Morgan fingerprint density at radius 1 is 1.53 bits per heavy atom. The Morgan fingerprint density at radius 2 is 2.27 bits per heavy atom. The molecule has 2 unspecified atom stereocenters. The van der Waals surface area contributed by atoms with Crippen molar-refractivity contribution in [3.05, 3.63) is 0 Å². The molecule has 15 heavy (non-hydrogen) atoms. The van der Waals surface area contributed by atoms with Gasteiger partial charge in [-0.2, -0.15) is 0 Å². The summed E-state index contributed by atoms with van der Waals surface area (Å²) in [6, 6.07) is 0. The maximum absolute atomic E-state index is 13.9. The lowest BCUT2D eigenvalue weighted by molar-refractivity contribution is -0.171. The number of hydrogen-bond donors (Lipinski definition) is 0. The number of carbonyl (C=O) groups is 1. The average molecular weight is 216 g/mol. The van der Waals surface area contributed by atoms with E-state index < -0.39 is 17.6 Å².